The Morgan fingerprint density at radius 1 is 1.19 bits per heavy atom. The number of aliphatic imine (C=N–C) groups is 1. The molecule has 0 saturated carbocycles. The molecular formula is C25H35IN6. The largest absolute Gasteiger partial charge is 0.361 e. The first-order valence-electron chi connectivity index (χ1n) is 11.5. The molecule has 6 nitrogen and oxygen atoms in total. The second kappa shape index (κ2) is 12.1. The number of halogens is 1. The van der Waals surface area contributed by atoms with E-state index in [0.29, 0.717) is 6.04 Å². The van der Waals surface area contributed by atoms with E-state index in [4.69, 9.17) is 4.99 Å². The molecule has 0 atom stereocenters. The molecule has 0 bridgehead atoms. The Hall–Kier alpha value is -2.29. The molecule has 2 aromatic heterocycles. The molecule has 4 rings (SSSR count). The molecule has 1 fully saturated rings. The molecule has 3 aromatic rings. The van der Waals surface area contributed by atoms with Gasteiger partial charge in [0, 0.05) is 55.5 Å². The summed E-state index contributed by atoms with van der Waals surface area (Å²) < 4.78 is 0. The average Bonchev–Trinajstić information content (AvgIpc) is 3.21. The van der Waals surface area contributed by atoms with E-state index in [1.165, 1.54) is 22.0 Å². The minimum absolute atomic E-state index is 0. The third-order valence-corrected chi connectivity index (χ3v) is 5.95. The van der Waals surface area contributed by atoms with Crippen LogP contribution in [0.25, 0.3) is 10.9 Å². The van der Waals surface area contributed by atoms with Gasteiger partial charge in [0.25, 0.3) is 0 Å². The first-order valence-corrected chi connectivity index (χ1v) is 11.5. The lowest BCUT2D eigenvalue weighted by molar-refractivity contribution is 0.459. The SMILES string of the molecule is CCNC(=NCCCc1c[nH]c2ccccc12)NC1CCN(c2ccc(C)cn2)CC1.I. The van der Waals surface area contributed by atoms with Crippen LogP contribution in [0.4, 0.5) is 5.82 Å². The van der Waals surface area contributed by atoms with Crippen LogP contribution in [0.3, 0.4) is 0 Å². The van der Waals surface area contributed by atoms with Crippen LogP contribution in [0, 0.1) is 6.92 Å². The second-order valence-electron chi connectivity index (χ2n) is 8.32. The van der Waals surface area contributed by atoms with Gasteiger partial charge in [-0.15, -0.1) is 24.0 Å². The summed E-state index contributed by atoms with van der Waals surface area (Å²) in [7, 11) is 0. The molecular weight excluding hydrogens is 511 g/mol. The summed E-state index contributed by atoms with van der Waals surface area (Å²) >= 11 is 0. The van der Waals surface area contributed by atoms with Crippen LogP contribution in [0.2, 0.25) is 0 Å². The van der Waals surface area contributed by atoms with Crippen LogP contribution in [0.15, 0.2) is 53.8 Å². The van der Waals surface area contributed by atoms with Gasteiger partial charge in [0.1, 0.15) is 5.82 Å². The zero-order chi connectivity index (χ0) is 21.5. The number of rotatable bonds is 7. The van der Waals surface area contributed by atoms with E-state index in [0.717, 1.165) is 63.6 Å². The summed E-state index contributed by atoms with van der Waals surface area (Å²) in [6.07, 6.45) is 8.34. The van der Waals surface area contributed by atoms with Gasteiger partial charge in [-0.3, -0.25) is 4.99 Å². The van der Waals surface area contributed by atoms with Gasteiger partial charge >= 0.3 is 0 Å². The fourth-order valence-electron chi connectivity index (χ4n) is 4.21. The van der Waals surface area contributed by atoms with E-state index < -0.39 is 0 Å². The number of aromatic nitrogens is 2. The lowest BCUT2D eigenvalue weighted by Crippen LogP contribution is -2.49. The third-order valence-electron chi connectivity index (χ3n) is 5.95. The number of anilines is 1. The zero-order valence-corrected chi connectivity index (χ0v) is 21.4. The van der Waals surface area contributed by atoms with E-state index in [1.807, 2.05) is 6.20 Å². The molecule has 0 amide bonds. The second-order valence-corrected chi connectivity index (χ2v) is 8.32. The molecule has 172 valence electrons. The quantitative estimate of drug-likeness (QED) is 0.175. The van der Waals surface area contributed by atoms with Crippen molar-refractivity contribution in [1.29, 1.82) is 0 Å². The molecule has 0 unspecified atom stereocenters. The lowest BCUT2D eigenvalue weighted by Gasteiger charge is -2.33. The van der Waals surface area contributed by atoms with E-state index in [9.17, 15) is 0 Å². The maximum Gasteiger partial charge on any atom is 0.191 e. The molecule has 0 spiro atoms. The maximum absolute atomic E-state index is 4.83. The minimum atomic E-state index is 0. The Morgan fingerprint density at radius 3 is 2.75 bits per heavy atom. The summed E-state index contributed by atoms with van der Waals surface area (Å²) in [5, 5.41) is 8.38. The number of aromatic amines is 1. The Labute approximate surface area is 208 Å². The summed E-state index contributed by atoms with van der Waals surface area (Å²) in [6, 6.07) is 13.2. The minimum Gasteiger partial charge on any atom is -0.361 e. The van der Waals surface area contributed by atoms with Crippen LogP contribution in [0.1, 0.15) is 37.3 Å². The number of para-hydroxylation sites is 1. The number of H-pyrrole nitrogens is 1. The van der Waals surface area contributed by atoms with Crippen LogP contribution in [0.5, 0.6) is 0 Å². The highest BCUT2D eigenvalue weighted by Gasteiger charge is 2.20. The van der Waals surface area contributed by atoms with Crippen molar-refractivity contribution in [1.82, 2.24) is 20.6 Å². The lowest BCUT2D eigenvalue weighted by atomic mass is 10.1. The van der Waals surface area contributed by atoms with E-state index >= 15 is 0 Å². The maximum atomic E-state index is 4.83. The average molecular weight is 547 g/mol. The van der Waals surface area contributed by atoms with Crippen LogP contribution in [-0.4, -0.2) is 48.1 Å². The Morgan fingerprint density at radius 2 is 2.00 bits per heavy atom. The fourth-order valence-corrected chi connectivity index (χ4v) is 4.21. The number of hydrogen-bond acceptors (Lipinski definition) is 3. The number of guanidine groups is 1. The van der Waals surface area contributed by atoms with Gasteiger partial charge in [0.15, 0.2) is 5.96 Å². The van der Waals surface area contributed by atoms with Gasteiger partial charge in [-0.25, -0.2) is 4.98 Å². The first-order chi connectivity index (χ1) is 15.2. The van der Waals surface area contributed by atoms with Crippen LogP contribution in [-0.2, 0) is 6.42 Å². The van der Waals surface area contributed by atoms with Gasteiger partial charge < -0.3 is 20.5 Å². The van der Waals surface area contributed by atoms with E-state index in [1.54, 1.807) is 0 Å². The number of pyridine rings is 1. The molecule has 7 heteroatoms. The molecule has 3 heterocycles. The number of nitrogens with zero attached hydrogens (tertiary/aromatic N) is 3. The van der Waals surface area contributed by atoms with E-state index in [2.05, 4.69) is 81.9 Å². The molecule has 1 aliphatic heterocycles. The van der Waals surface area contributed by atoms with Crippen molar-refractivity contribution in [2.24, 2.45) is 4.99 Å². The Balaban J connectivity index is 0.00000289. The first kappa shape index (κ1) is 24.4. The summed E-state index contributed by atoms with van der Waals surface area (Å²) in [4.78, 5) is 15.1. The molecule has 32 heavy (non-hydrogen) atoms. The highest BCUT2D eigenvalue weighted by atomic mass is 127. The zero-order valence-electron chi connectivity index (χ0n) is 19.1. The predicted molar refractivity (Wildman–Crippen MR) is 145 cm³/mol. The van der Waals surface area contributed by atoms with Gasteiger partial charge in [-0.05, 0) is 62.8 Å². The molecule has 1 saturated heterocycles. The number of benzene rings is 1. The van der Waals surface area contributed by atoms with Gasteiger partial charge in [-0.1, -0.05) is 24.3 Å². The van der Waals surface area contributed by atoms with Crippen molar-refractivity contribution >= 4 is 46.7 Å². The van der Waals surface area contributed by atoms with Crippen molar-refractivity contribution in [2.75, 3.05) is 31.1 Å². The van der Waals surface area contributed by atoms with Crippen molar-refractivity contribution < 1.29 is 0 Å². The predicted octanol–water partition coefficient (Wildman–Crippen LogP) is 4.65. The van der Waals surface area contributed by atoms with Crippen molar-refractivity contribution in [2.45, 2.75) is 45.6 Å². The van der Waals surface area contributed by atoms with Crippen molar-refractivity contribution in [3.05, 3.63) is 59.9 Å². The molecule has 1 aliphatic rings. The Kier molecular flexibility index (Phi) is 9.20. The number of aryl methyl sites for hydroxylation is 2. The standard InChI is InChI=1S/C25H34N6.HI/c1-3-26-25(27-14-6-7-20-18-28-23-9-5-4-8-22(20)23)30-21-12-15-31(16-13-21)24-11-10-19(2)17-29-24;/h4-5,8-11,17-18,21,28H,3,6-7,12-16H2,1-2H3,(H2,26,27,30);1H. The highest BCUT2D eigenvalue weighted by Crippen LogP contribution is 2.19. The van der Waals surface area contributed by atoms with E-state index in [-0.39, 0.29) is 24.0 Å². The highest BCUT2D eigenvalue weighted by molar-refractivity contribution is 14.0. The summed E-state index contributed by atoms with van der Waals surface area (Å²) in [5.74, 6) is 2.02. The Bertz CT molecular complexity index is 989. The van der Waals surface area contributed by atoms with Gasteiger partial charge in [0.05, 0.1) is 0 Å². The van der Waals surface area contributed by atoms with Crippen LogP contribution < -0.4 is 15.5 Å². The summed E-state index contributed by atoms with van der Waals surface area (Å²) in [6.45, 7) is 7.94. The van der Waals surface area contributed by atoms with Crippen molar-refractivity contribution in [3.8, 4) is 0 Å². The molecule has 3 N–H and O–H groups in total. The fraction of sp³-hybridized carbons (Fsp3) is 0.440. The third kappa shape index (κ3) is 6.37. The molecule has 0 radical (unpaired) electrons. The molecule has 1 aromatic carbocycles. The normalized spacial score (nSPS) is 14.9. The number of fused-ring (bicyclic) bond motifs is 1. The summed E-state index contributed by atoms with van der Waals surface area (Å²) in [5.41, 5.74) is 3.79. The molecule has 0 aliphatic carbocycles. The van der Waals surface area contributed by atoms with Crippen molar-refractivity contribution in [3.63, 3.8) is 0 Å². The monoisotopic (exact) mass is 546 g/mol. The van der Waals surface area contributed by atoms with Gasteiger partial charge in [0.2, 0.25) is 0 Å². The topological polar surface area (TPSA) is 68.3 Å². The van der Waals surface area contributed by atoms with Gasteiger partial charge in [-0.2, -0.15) is 0 Å². The van der Waals surface area contributed by atoms with Crippen LogP contribution >= 0.6 is 24.0 Å². The number of piperidine rings is 1. The number of nitrogens with one attached hydrogen (secondary N) is 3. The number of hydrogen-bond donors (Lipinski definition) is 3. The smallest absolute Gasteiger partial charge is 0.191 e.